The molecule has 0 atom stereocenters. The topological polar surface area (TPSA) is 107 Å². The van der Waals surface area contributed by atoms with Gasteiger partial charge in [0.15, 0.2) is 9.84 Å². The Kier molecular flexibility index (Phi) is 34.9. The molecule has 8 rings (SSSR count). The molecule has 0 bridgehead atoms. The molecule has 0 amide bonds. The van der Waals surface area contributed by atoms with Crippen LogP contribution in [0.15, 0.2) is 114 Å². The van der Waals surface area contributed by atoms with Crippen molar-refractivity contribution in [3.8, 4) is 5.75 Å². The first-order chi connectivity index (χ1) is 41.0. The molecule has 4 aromatic rings. The standard InChI is InChI=1S/C17H27N.C11H17NO.C11H17N.2C11H23N.C10H14O2S.C8H17N/c1-17(2,3)18-16-11-9-15(10-12-16)13-14-7-5-4-6-8-14;1-11(2,3)12-9-5-7-10(13-4)8-6-9;1-9-6-5-7-10(8-9)12-11(2,3)4;1-11(2,3)12(4)10-8-6-5-7-9-10;1-11(2,3)12-9-10-7-5-4-6-8-10;1-10(2,3)13(11,12)9-7-5-4-6-8-9;1-8(2,3)9-6-7-4-5-7/h4-8,15-16,18H,9-13H2,1-3H3;5-8,12H,1-4H3;5-8,12H,1-4H3;10H,5-9H2,1-4H3;10,12H,4-9H2,1-3H3;4-8H,1-3H3;7,9H,4-6H2,1-3H3. The highest BCUT2D eigenvalue weighted by Gasteiger charge is 2.31. The van der Waals surface area contributed by atoms with E-state index in [1.807, 2.05) is 30.3 Å². The van der Waals surface area contributed by atoms with Crippen LogP contribution in [0.3, 0.4) is 0 Å². The number of anilines is 2. The van der Waals surface area contributed by atoms with Gasteiger partial charge in [-0.05, 0) is 320 Å². The number of nitrogens with one attached hydrogen (secondary N) is 5. The number of nitrogens with zero attached hydrogens (tertiary/aromatic N) is 1. The predicted octanol–water partition coefficient (Wildman–Crippen LogP) is 20.3. The van der Waals surface area contributed by atoms with Gasteiger partial charge in [-0.2, -0.15) is 0 Å². The van der Waals surface area contributed by atoms with E-state index in [0.717, 1.165) is 41.3 Å². The number of hydrogen-bond acceptors (Lipinski definition) is 9. The summed E-state index contributed by atoms with van der Waals surface area (Å²) in [6.07, 6.45) is 24.0. The average molecular weight is 1250 g/mol. The zero-order valence-electron chi connectivity index (χ0n) is 61.8. The Hall–Kier alpha value is -3.93. The molecule has 0 heterocycles. The Balaban J connectivity index is 0.000000357. The van der Waals surface area contributed by atoms with E-state index < -0.39 is 14.6 Å². The summed E-state index contributed by atoms with van der Waals surface area (Å²) in [5.74, 6) is 3.74. The molecule has 508 valence electrons. The number of ether oxygens (including phenoxy) is 1. The SMILES string of the molecule is CC(C)(C)NC1CCC(Cc2ccccc2)CC1.CC(C)(C)NCC1CC1.CC(C)(C)NCC1CCCCC1.CC(C)(C)S(=O)(=O)c1ccccc1.CN(C1CCCCC1)C(C)(C)C.COc1ccc(NC(C)(C)C)cc1.Cc1cccc(NC(C)(C)C)c1. The molecule has 0 saturated heterocycles. The Labute approximate surface area is 550 Å². The number of aryl methyl sites for hydroxylation is 1. The van der Waals surface area contributed by atoms with Crippen molar-refractivity contribution in [2.24, 2.45) is 17.8 Å². The number of rotatable bonds is 12. The highest BCUT2D eigenvalue weighted by atomic mass is 32.2. The number of methoxy groups -OCH3 is 1. The van der Waals surface area contributed by atoms with Gasteiger partial charge in [0, 0.05) is 56.7 Å². The third-order valence-electron chi connectivity index (χ3n) is 16.3. The van der Waals surface area contributed by atoms with Crippen LogP contribution in [0, 0.1) is 24.7 Å². The van der Waals surface area contributed by atoms with Crippen LogP contribution >= 0.6 is 0 Å². The normalized spacial score (nSPS) is 17.9. The van der Waals surface area contributed by atoms with E-state index in [2.05, 4.69) is 225 Å². The first-order valence-electron chi connectivity index (χ1n) is 34.7. The summed E-state index contributed by atoms with van der Waals surface area (Å²) in [5.41, 5.74) is 6.60. The molecule has 0 aliphatic heterocycles. The van der Waals surface area contributed by atoms with Gasteiger partial charge in [0.2, 0.25) is 0 Å². The summed E-state index contributed by atoms with van der Waals surface area (Å²) < 4.78 is 28.1. The molecular formula is C79H138N6O3S. The summed E-state index contributed by atoms with van der Waals surface area (Å²) in [4.78, 5) is 2.94. The van der Waals surface area contributed by atoms with Crippen molar-refractivity contribution in [2.45, 2.75) is 316 Å². The van der Waals surface area contributed by atoms with Gasteiger partial charge in [0.05, 0.1) is 16.8 Å². The first-order valence-corrected chi connectivity index (χ1v) is 36.1. The minimum Gasteiger partial charge on any atom is -0.497 e. The Bertz CT molecular complexity index is 2550. The smallest absolute Gasteiger partial charge is 0.183 e. The minimum atomic E-state index is -3.18. The van der Waals surface area contributed by atoms with Crippen LogP contribution in [0.4, 0.5) is 11.4 Å². The third-order valence-corrected chi connectivity index (χ3v) is 18.8. The zero-order valence-corrected chi connectivity index (χ0v) is 62.6. The largest absolute Gasteiger partial charge is 0.497 e. The predicted molar refractivity (Wildman–Crippen MR) is 392 cm³/mol. The second kappa shape index (κ2) is 38.3. The van der Waals surface area contributed by atoms with Gasteiger partial charge in [-0.3, -0.25) is 4.90 Å². The quantitative estimate of drug-likeness (QED) is 0.0948. The summed E-state index contributed by atoms with van der Waals surface area (Å²) in [6.45, 7) is 49.7. The van der Waals surface area contributed by atoms with Gasteiger partial charge in [-0.25, -0.2) is 8.42 Å². The lowest BCUT2D eigenvalue weighted by molar-refractivity contribution is 0.0912. The van der Waals surface area contributed by atoms with Crippen molar-refractivity contribution in [1.29, 1.82) is 0 Å². The van der Waals surface area contributed by atoms with Crippen molar-refractivity contribution in [1.82, 2.24) is 20.9 Å². The van der Waals surface area contributed by atoms with Crippen LogP contribution < -0.4 is 31.3 Å². The fraction of sp³-hybridized carbons (Fsp3) is 0.696. The maximum Gasteiger partial charge on any atom is 0.183 e. The number of hydrogen-bond donors (Lipinski definition) is 5. The molecule has 5 N–H and O–H groups in total. The van der Waals surface area contributed by atoms with Gasteiger partial charge >= 0.3 is 0 Å². The van der Waals surface area contributed by atoms with Gasteiger partial charge < -0.3 is 31.3 Å². The van der Waals surface area contributed by atoms with E-state index in [-0.39, 0.29) is 16.6 Å². The van der Waals surface area contributed by atoms with E-state index in [4.69, 9.17) is 4.74 Å². The third kappa shape index (κ3) is 39.9. The maximum absolute atomic E-state index is 11.9. The lowest BCUT2D eigenvalue weighted by Crippen LogP contribution is -2.45. The highest BCUT2D eigenvalue weighted by Crippen LogP contribution is 2.31. The van der Waals surface area contributed by atoms with Gasteiger partial charge in [-0.15, -0.1) is 0 Å². The van der Waals surface area contributed by atoms with E-state index in [1.54, 1.807) is 52.1 Å². The molecule has 0 radical (unpaired) electrons. The lowest BCUT2D eigenvalue weighted by atomic mass is 9.82. The average Bonchev–Trinajstić information content (AvgIpc) is 2.69. The van der Waals surface area contributed by atoms with Gasteiger partial charge in [-0.1, -0.05) is 99.2 Å². The summed E-state index contributed by atoms with van der Waals surface area (Å²) in [7, 11) is 0.770. The van der Waals surface area contributed by atoms with Crippen LogP contribution in [0.25, 0.3) is 0 Å². The second-order valence-corrected chi connectivity index (χ2v) is 36.1. The van der Waals surface area contributed by atoms with Gasteiger partial charge in [0.25, 0.3) is 0 Å². The van der Waals surface area contributed by atoms with Crippen LogP contribution in [0.5, 0.6) is 5.75 Å². The fourth-order valence-electron chi connectivity index (χ4n) is 10.9. The number of benzene rings is 4. The van der Waals surface area contributed by atoms with Crippen molar-refractivity contribution >= 4 is 21.2 Å². The van der Waals surface area contributed by atoms with Crippen LogP contribution in [0.1, 0.15) is 259 Å². The molecular weight excluding hydrogens is 1110 g/mol. The van der Waals surface area contributed by atoms with Crippen molar-refractivity contribution in [3.05, 3.63) is 120 Å². The molecule has 89 heavy (non-hydrogen) atoms. The van der Waals surface area contributed by atoms with Crippen molar-refractivity contribution < 1.29 is 13.2 Å². The van der Waals surface area contributed by atoms with E-state index in [1.165, 1.54) is 139 Å². The number of sulfone groups is 1. The lowest BCUT2D eigenvalue weighted by Gasteiger charge is -2.40. The molecule has 4 fully saturated rings. The molecule has 4 aliphatic carbocycles. The summed E-state index contributed by atoms with van der Waals surface area (Å²) >= 11 is 0. The van der Waals surface area contributed by atoms with Gasteiger partial charge in [0.1, 0.15) is 5.75 Å². The van der Waals surface area contributed by atoms with E-state index in [9.17, 15) is 8.42 Å². The molecule has 0 aromatic heterocycles. The Morgan fingerprint density at radius 3 is 1.30 bits per heavy atom. The minimum absolute atomic E-state index is 0.106. The highest BCUT2D eigenvalue weighted by molar-refractivity contribution is 7.92. The molecule has 4 saturated carbocycles. The molecule has 0 unspecified atom stereocenters. The van der Waals surface area contributed by atoms with Crippen LogP contribution in [-0.4, -0.2) is 90.6 Å². The molecule has 10 heteroatoms. The Morgan fingerprint density at radius 2 is 0.899 bits per heavy atom. The monoisotopic (exact) mass is 1250 g/mol. The molecule has 0 spiro atoms. The summed E-state index contributed by atoms with van der Waals surface area (Å²) in [5, 5.41) is 17.6. The van der Waals surface area contributed by atoms with Crippen molar-refractivity contribution in [3.63, 3.8) is 0 Å². The van der Waals surface area contributed by atoms with E-state index in [0.29, 0.717) is 21.5 Å². The molecule has 9 nitrogen and oxygen atoms in total. The molecule has 4 aliphatic rings. The zero-order chi connectivity index (χ0) is 67.3. The first kappa shape index (κ1) is 81.2. The fourth-order valence-corrected chi connectivity index (χ4v) is 12.1. The maximum atomic E-state index is 11.9. The second-order valence-electron chi connectivity index (χ2n) is 33.4. The van der Waals surface area contributed by atoms with Crippen LogP contribution in [0.2, 0.25) is 0 Å². The summed E-state index contributed by atoms with van der Waals surface area (Å²) in [6, 6.07) is 37.4. The van der Waals surface area contributed by atoms with Crippen LogP contribution in [-0.2, 0) is 16.3 Å². The van der Waals surface area contributed by atoms with Crippen molar-refractivity contribution in [2.75, 3.05) is 37.9 Å². The molecule has 4 aromatic carbocycles. The Morgan fingerprint density at radius 1 is 0.461 bits per heavy atom. The van der Waals surface area contributed by atoms with E-state index >= 15 is 0 Å².